The van der Waals surface area contributed by atoms with Gasteiger partial charge in [0.05, 0.1) is 0 Å². The molecule has 110 valence electrons. The number of nitrogens with one attached hydrogen (secondary N) is 1. The monoisotopic (exact) mass is 266 g/mol. The van der Waals surface area contributed by atoms with Gasteiger partial charge in [-0.1, -0.05) is 13.3 Å². The molecule has 1 amide bonds. The zero-order valence-electron chi connectivity index (χ0n) is 12.4. The lowest BCUT2D eigenvalue weighted by Crippen LogP contribution is -2.42. The maximum absolute atomic E-state index is 12.3. The van der Waals surface area contributed by atoms with Crippen molar-refractivity contribution >= 4 is 5.91 Å². The van der Waals surface area contributed by atoms with Gasteiger partial charge in [-0.3, -0.25) is 4.79 Å². The molecule has 0 aromatic rings. The number of carbonyl (C=O) groups is 1. The summed E-state index contributed by atoms with van der Waals surface area (Å²) in [7, 11) is 0. The Balaban J connectivity index is 1.70. The zero-order valence-corrected chi connectivity index (χ0v) is 12.4. The van der Waals surface area contributed by atoms with Crippen LogP contribution in [0, 0.1) is 17.8 Å². The molecule has 0 radical (unpaired) electrons. The molecule has 0 aromatic heterocycles. The van der Waals surface area contributed by atoms with Crippen LogP contribution < -0.4 is 11.1 Å². The predicted molar refractivity (Wildman–Crippen MR) is 78.7 cm³/mol. The highest BCUT2D eigenvalue weighted by molar-refractivity contribution is 5.79. The van der Waals surface area contributed by atoms with Gasteiger partial charge in [0.2, 0.25) is 5.91 Å². The van der Waals surface area contributed by atoms with Crippen LogP contribution in [0.4, 0.5) is 0 Å². The Morgan fingerprint density at radius 2 is 1.58 bits per heavy atom. The number of rotatable bonds is 4. The molecule has 0 aromatic carbocycles. The highest BCUT2D eigenvalue weighted by Crippen LogP contribution is 2.30. The Bertz CT molecular complexity index is 276. The van der Waals surface area contributed by atoms with Crippen molar-refractivity contribution in [3.8, 4) is 0 Å². The SMILES string of the molecule is CCC1CCC(NC(=O)C2CCC(CN)CC2)CC1. The van der Waals surface area contributed by atoms with Crippen molar-refractivity contribution in [1.82, 2.24) is 5.32 Å². The minimum Gasteiger partial charge on any atom is -0.353 e. The van der Waals surface area contributed by atoms with E-state index in [1.54, 1.807) is 0 Å². The second kappa shape index (κ2) is 7.28. The van der Waals surface area contributed by atoms with Crippen molar-refractivity contribution in [3.05, 3.63) is 0 Å². The largest absolute Gasteiger partial charge is 0.353 e. The first kappa shape index (κ1) is 14.8. The molecule has 0 saturated heterocycles. The third-order valence-corrected chi connectivity index (χ3v) is 5.32. The second-order valence-corrected chi connectivity index (χ2v) is 6.59. The average Bonchev–Trinajstić information content (AvgIpc) is 2.48. The Morgan fingerprint density at radius 3 is 2.11 bits per heavy atom. The van der Waals surface area contributed by atoms with Crippen LogP contribution in [-0.2, 0) is 4.79 Å². The number of carbonyl (C=O) groups excluding carboxylic acids is 1. The first-order valence-corrected chi connectivity index (χ1v) is 8.23. The molecule has 3 heteroatoms. The molecule has 0 atom stereocenters. The summed E-state index contributed by atoms with van der Waals surface area (Å²) in [5.74, 6) is 2.12. The predicted octanol–water partition coefficient (Wildman–Crippen LogP) is 2.84. The van der Waals surface area contributed by atoms with Gasteiger partial charge in [0, 0.05) is 12.0 Å². The van der Waals surface area contributed by atoms with Gasteiger partial charge in [-0.05, 0) is 69.7 Å². The number of hydrogen-bond donors (Lipinski definition) is 2. The van der Waals surface area contributed by atoms with Crippen LogP contribution in [0.15, 0.2) is 0 Å². The Hall–Kier alpha value is -0.570. The fourth-order valence-corrected chi connectivity index (χ4v) is 3.69. The van der Waals surface area contributed by atoms with Crippen LogP contribution in [0.3, 0.4) is 0 Å². The lowest BCUT2D eigenvalue weighted by Gasteiger charge is -2.31. The molecule has 2 rings (SSSR count). The van der Waals surface area contributed by atoms with Gasteiger partial charge in [0.25, 0.3) is 0 Å². The minimum absolute atomic E-state index is 0.256. The van der Waals surface area contributed by atoms with Crippen LogP contribution in [-0.4, -0.2) is 18.5 Å². The maximum Gasteiger partial charge on any atom is 0.223 e. The van der Waals surface area contributed by atoms with Gasteiger partial charge in [-0.2, -0.15) is 0 Å². The summed E-state index contributed by atoms with van der Waals surface area (Å²) in [6.07, 6.45) is 10.6. The number of nitrogens with two attached hydrogens (primary N) is 1. The molecule has 3 N–H and O–H groups in total. The summed E-state index contributed by atoms with van der Waals surface area (Å²) in [4.78, 5) is 12.3. The van der Waals surface area contributed by atoms with Crippen molar-refractivity contribution in [2.75, 3.05) is 6.54 Å². The molecular weight excluding hydrogens is 236 g/mol. The molecule has 2 aliphatic carbocycles. The van der Waals surface area contributed by atoms with Crippen molar-refractivity contribution in [1.29, 1.82) is 0 Å². The molecule has 3 nitrogen and oxygen atoms in total. The van der Waals surface area contributed by atoms with E-state index >= 15 is 0 Å². The summed E-state index contributed by atoms with van der Waals surface area (Å²) < 4.78 is 0. The van der Waals surface area contributed by atoms with Crippen LogP contribution in [0.5, 0.6) is 0 Å². The number of amides is 1. The van der Waals surface area contributed by atoms with E-state index in [9.17, 15) is 4.79 Å². The van der Waals surface area contributed by atoms with E-state index in [0.29, 0.717) is 17.9 Å². The summed E-state index contributed by atoms with van der Waals surface area (Å²) in [5, 5.41) is 3.30. The third-order valence-electron chi connectivity index (χ3n) is 5.32. The van der Waals surface area contributed by atoms with Crippen LogP contribution in [0.2, 0.25) is 0 Å². The van der Waals surface area contributed by atoms with Crippen LogP contribution >= 0.6 is 0 Å². The van der Waals surface area contributed by atoms with Gasteiger partial charge in [0.15, 0.2) is 0 Å². The normalized spacial score (nSPS) is 35.9. The van der Waals surface area contributed by atoms with Crippen LogP contribution in [0.25, 0.3) is 0 Å². The highest BCUT2D eigenvalue weighted by atomic mass is 16.1. The van der Waals surface area contributed by atoms with Gasteiger partial charge >= 0.3 is 0 Å². The second-order valence-electron chi connectivity index (χ2n) is 6.59. The van der Waals surface area contributed by atoms with Crippen LogP contribution in [0.1, 0.15) is 64.7 Å². The standard InChI is InChI=1S/C16H30N2O/c1-2-12-5-9-15(10-6-12)18-16(19)14-7-3-13(11-17)4-8-14/h12-15H,2-11,17H2,1H3,(H,18,19). The van der Waals surface area contributed by atoms with Crippen molar-refractivity contribution in [3.63, 3.8) is 0 Å². The first-order valence-electron chi connectivity index (χ1n) is 8.23. The van der Waals surface area contributed by atoms with E-state index in [2.05, 4.69) is 12.2 Å². The van der Waals surface area contributed by atoms with Crippen molar-refractivity contribution in [2.24, 2.45) is 23.5 Å². The van der Waals surface area contributed by atoms with Gasteiger partial charge in [-0.25, -0.2) is 0 Å². The fraction of sp³-hybridized carbons (Fsp3) is 0.938. The lowest BCUT2D eigenvalue weighted by atomic mass is 9.81. The Labute approximate surface area is 117 Å². The summed E-state index contributed by atoms with van der Waals surface area (Å²) in [5.41, 5.74) is 5.70. The van der Waals surface area contributed by atoms with E-state index in [1.165, 1.54) is 32.1 Å². The van der Waals surface area contributed by atoms with Gasteiger partial charge in [0.1, 0.15) is 0 Å². The molecule has 2 aliphatic rings. The smallest absolute Gasteiger partial charge is 0.223 e. The van der Waals surface area contributed by atoms with E-state index < -0.39 is 0 Å². The molecule has 19 heavy (non-hydrogen) atoms. The first-order chi connectivity index (χ1) is 9.22. The molecule has 0 aliphatic heterocycles. The van der Waals surface area contributed by atoms with E-state index in [0.717, 1.165) is 38.1 Å². The Morgan fingerprint density at radius 1 is 1.00 bits per heavy atom. The quantitative estimate of drug-likeness (QED) is 0.822. The molecule has 0 unspecified atom stereocenters. The van der Waals surface area contributed by atoms with Crippen molar-refractivity contribution in [2.45, 2.75) is 70.8 Å². The maximum atomic E-state index is 12.3. The topological polar surface area (TPSA) is 55.1 Å². The molecule has 0 heterocycles. The van der Waals surface area contributed by atoms with Gasteiger partial charge < -0.3 is 11.1 Å². The zero-order chi connectivity index (χ0) is 13.7. The summed E-state index contributed by atoms with van der Waals surface area (Å²) in [6, 6.07) is 0.447. The minimum atomic E-state index is 0.256. The molecule has 2 saturated carbocycles. The van der Waals surface area contributed by atoms with Crippen molar-refractivity contribution < 1.29 is 4.79 Å². The van der Waals surface area contributed by atoms with E-state index in [4.69, 9.17) is 5.73 Å². The average molecular weight is 266 g/mol. The van der Waals surface area contributed by atoms with E-state index in [1.807, 2.05) is 0 Å². The highest BCUT2D eigenvalue weighted by Gasteiger charge is 2.28. The lowest BCUT2D eigenvalue weighted by molar-refractivity contribution is -0.127. The third kappa shape index (κ3) is 4.20. The van der Waals surface area contributed by atoms with Gasteiger partial charge in [-0.15, -0.1) is 0 Å². The molecule has 0 spiro atoms. The fourth-order valence-electron chi connectivity index (χ4n) is 3.69. The molecule has 0 bridgehead atoms. The summed E-state index contributed by atoms with van der Waals surface area (Å²) in [6.45, 7) is 3.06. The number of hydrogen-bond acceptors (Lipinski definition) is 2. The Kier molecular flexibility index (Phi) is 5.68. The van der Waals surface area contributed by atoms with E-state index in [-0.39, 0.29) is 5.92 Å². The molecule has 2 fully saturated rings. The molecular formula is C16H30N2O. The summed E-state index contributed by atoms with van der Waals surface area (Å²) >= 11 is 0.